The van der Waals surface area contributed by atoms with Gasteiger partial charge >= 0.3 is 0 Å². The van der Waals surface area contributed by atoms with E-state index in [0.717, 1.165) is 34.3 Å². The lowest BCUT2D eigenvalue weighted by molar-refractivity contribution is 1.05. The normalized spacial score (nSPS) is 10.8. The summed E-state index contributed by atoms with van der Waals surface area (Å²) < 4.78 is 0. The molecule has 21 heavy (non-hydrogen) atoms. The minimum Gasteiger partial charge on any atom is -0.380 e. The van der Waals surface area contributed by atoms with Crippen LogP contribution < -0.4 is 5.32 Å². The van der Waals surface area contributed by atoms with Crippen LogP contribution in [-0.4, -0.2) is 9.97 Å². The van der Waals surface area contributed by atoms with Gasteiger partial charge in [-0.1, -0.05) is 42.8 Å². The Hall–Kier alpha value is -2.13. The summed E-state index contributed by atoms with van der Waals surface area (Å²) in [5.41, 5.74) is 4.31. The third kappa shape index (κ3) is 3.14. The van der Waals surface area contributed by atoms with Crippen LogP contribution >= 0.6 is 11.6 Å². The van der Waals surface area contributed by atoms with Crippen molar-refractivity contribution >= 4 is 28.2 Å². The second-order valence-electron chi connectivity index (χ2n) is 4.87. The van der Waals surface area contributed by atoms with Crippen LogP contribution in [0.1, 0.15) is 18.2 Å². The van der Waals surface area contributed by atoms with Crippen LogP contribution in [0.15, 0.2) is 48.7 Å². The molecule has 3 rings (SSSR count). The van der Waals surface area contributed by atoms with E-state index in [-0.39, 0.29) is 0 Å². The zero-order valence-corrected chi connectivity index (χ0v) is 12.6. The smallest absolute Gasteiger partial charge is 0.129 e. The second kappa shape index (κ2) is 6.10. The van der Waals surface area contributed by atoms with Crippen molar-refractivity contribution in [1.82, 2.24) is 9.97 Å². The Morgan fingerprint density at radius 2 is 2.00 bits per heavy atom. The molecule has 4 heteroatoms. The van der Waals surface area contributed by atoms with Gasteiger partial charge in [0.05, 0.1) is 5.52 Å². The molecule has 3 aromatic rings. The predicted octanol–water partition coefficient (Wildman–Crippen LogP) is 4.46. The number of anilines is 1. The lowest BCUT2D eigenvalue weighted by atomic mass is 10.1. The standard InChI is InChI=1S/C17H16ClN3/c1-2-13-9-16(14-5-3-4-6-15(14)21-13)19-10-12-7-8-17(18)20-11-12/h3-9,11H,2,10H2,1H3,(H,19,21). The van der Waals surface area contributed by atoms with Crippen molar-refractivity contribution in [3.05, 3.63) is 65.1 Å². The van der Waals surface area contributed by atoms with Crippen LogP contribution in [0.5, 0.6) is 0 Å². The maximum absolute atomic E-state index is 5.81. The van der Waals surface area contributed by atoms with Crippen molar-refractivity contribution < 1.29 is 0 Å². The Morgan fingerprint density at radius 1 is 1.14 bits per heavy atom. The van der Waals surface area contributed by atoms with E-state index in [1.165, 1.54) is 0 Å². The second-order valence-corrected chi connectivity index (χ2v) is 5.26. The first-order chi connectivity index (χ1) is 10.3. The molecule has 2 aromatic heterocycles. The van der Waals surface area contributed by atoms with Gasteiger partial charge in [0.15, 0.2) is 0 Å². The number of nitrogens with zero attached hydrogens (tertiary/aromatic N) is 2. The molecule has 0 aliphatic carbocycles. The number of aryl methyl sites for hydroxylation is 1. The first-order valence-electron chi connectivity index (χ1n) is 6.99. The summed E-state index contributed by atoms with van der Waals surface area (Å²) in [7, 11) is 0. The minimum atomic E-state index is 0.515. The van der Waals surface area contributed by atoms with Gasteiger partial charge < -0.3 is 5.32 Å². The molecule has 1 N–H and O–H groups in total. The molecule has 0 aliphatic rings. The molecule has 0 aliphatic heterocycles. The van der Waals surface area contributed by atoms with Crippen molar-refractivity contribution in [1.29, 1.82) is 0 Å². The van der Waals surface area contributed by atoms with Gasteiger partial charge in [-0.15, -0.1) is 0 Å². The van der Waals surface area contributed by atoms with E-state index >= 15 is 0 Å². The van der Waals surface area contributed by atoms with E-state index in [0.29, 0.717) is 11.7 Å². The van der Waals surface area contributed by atoms with Gasteiger partial charge in [-0.2, -0.15) is 0 Å². The van der Waals surface area contributed by atoms with Crippen LogP contribution in [-0.2, 0) is 13.0 Å². The van der Waals surface area contributed by atoms with Crippen LogP contribution in [0.25, 0.3) is 10.9 Å². The third-order valence-electron chi connectivity index (χ3n) is 3.40. The van der Waals surface area contributed by atoms with Gasteiger partial charge in [-0.25, -0.2) is 4.98 Å². The van der Waals surface area contributed by atoms with Crippen molar-refractivity contribution in [2.24, 2.45) is 0 Å². The topological polar surface area (TPSA) is 37.8 Å². The lowest BCUT2D eigenvalue weighted by Gasteiger charge is -2.11. The zero-order chi connectivity index (χ0) is 14.7. The third-order valence-corrected chi connectivity index (χ3v) is 3.63. The fraction of sp³-hybridized carbons (Fsp3) is 0.176. The molecule has 0 radical (unpaired) electrons. The van der Waals surface area contributed by atoms with E-state index in [1.54, 1.807) is 12.3 Å². The van der Waals surface area contributed by atoms with Gasteiger partial charge in [0.2, 0.25) is 0 Å². The first kappa shape index (κ1) is 13.8. The summed E-state index contributed by atoms with van der Waals surface area (Å²) >= 11 is 5.81. The number of rotatable bonds is 4. The Labute approximate surface area is 129 Å². The monoisotopic (exact) mass is 297 g/mol. The van der Waals surface area contributed by atoms with E-state index in [9.17, 15) is 0 Å². The van der Waals surface area contributed by atoms with Crippen molar-refractivity contribution in [2.75, 3.05) is 5.32 Å². The Balaban J connectivity index is 1.90. The number of pyridine rings is 2. The highest BCUT2D eigenvalue weighted by molar-refractivity contribution is 6.29. The van der Waals surface area contributed by atoms with Crippen LogP contribution in [0.4, 0.5) is 5.69 Å². The average Bonchev–Trinajstić information content (AvgIpc) is 2.53. The number of hydrogen-bond donors (Lipinski definition) is 1. The summed E-state index contributed by atoms with van der Waals surface area (Å²) in [6, 6.07) is 14.1. The number of fused-ring (bicyclic) bond motifs is 1. The molecular weight excluding hydrogens is 282 g/mol. The molecule has 0 unspecified atom stereocenters. The summed E-state index contributed by atoms with van der Waals surface area (Å²) in [5.74, 6) is 0. The maximum atomic E-state index is 5.81. The number of hydrogen-bond acceptors (Lipinski definition) is 3. The van der Waals surface area contributed by atoms with E-state index in [2.05, 4.69) is 34.3 Å². The molecule has 0 amide bonds. The molecule has 0 spiro atoms. The highest BCUT2D eigenvalue weighted by Gasteiger charge is 2.04. The molecule has 0 saturated carbocycles. The Bertz CT molecular complexity index is 754. The van der Waals surface area contributed by atoms with Crippen molar-refractivity contribution in [3.8, 4) is 0 Å². The van der Waals surface area contributed by atoms with Crippen LogP contribution in [0.3, 0.4) is 0 Å². The van der Waals surface area contributed by atoms with Crippen LogP contribution in [0.2, 0.25) is 5.15 Å². The van der Waals surface area contributed by atoms with Gasteiger partial charge in [0.25, 0.3) is 0 Å². The van der Waals surface area contributed by atoms with Gasteiger partial charge in [-0.3, -0.25) is 4.98 Å². The van der Waals surface area contributed by atoms with E-state index < -0.39 is 0 Å². The highest BCUT2D eigenvalue weighted by Crippen LogP contribution is 2.24. The summed E-state index contributed by atoms with van der Waals surface area (Å²) in [6.07, 6.45) is 2.71. The summed E-state index contributed by atoms with van der Waals surface area (Å²) in [6.45, 7) is 2.82. The maximum Gasteiger partial charge on any atom is 0.129 e. The molecule has 0 bridgehead atoms. The number of aromatic nitrogens is 2. The average molecular weight is 298 g/mol. The van der Waals surface area contributed by atoms with Gasteiger partial charge in [0.1, 0.15) is 5.15 Å². The molecule has 106 valence electrons. The molecule has 0 fully saturated rings. The Morgan fingerprint density at radius 3 is 2.76 bits per heavy atom. The molecule has 3 nitrogen and oxygen atoms in total. The molecular formula is C17H16ClN3. The number of halogens is 1. The minimum absolute atomic E-state index is 0.515. The zero-order valence-electron chi connectivity index (χ0n) is 11.8. The summed E-state index contributed by atoms with van der Waals surface area (Å²) in [4.78, 5) is 8.75. The van der Waals surface area contributed by atoms with Gasteiger partial charge in [-0.05, 0) is 30.2 Å². The highest BCUT2D eigenvalue weighted by atomic mass is 35.5. The number of para-hydroxylation sites is 1. The fourth-order valence-corrected chi connectivity index (χ4v) is 2.38. The molecule has 0 atom stereocenters. The fourth-order valence-electron chi connectivity index (χ4n) is 2.27. The lowest BCUT2D eigenvalue weighted by Crippen LogP contribution is -2.02. The predicted molar refractivity (Wildman–Crippen MR) is 87.7 cm³/mol. The number of nitrogens with one attached hydrogen (secondary N) is 1. The largest absolute Gasteiger partial charge is 0.380 e. The molecule has 1 aromatic carbocycles. The Kier molecular flexibility index (Phi) is 4.02. The van der Waals surface area contributed by atoms with Crippen molar-refractivity contribution in [3.63, 3.8) is 0 Å². The van der Waals surface area contributed by atoms with Crippen molar-refractivity contribution in [2.45, 2.75) is 19.9 Å². The molecule has 0 saturated heterocycles. The molecule has 2 heterocycles. The van der Waals surface area contributed by atoms with Gasteiger partial charge in [0, 0.05) is 29.5 Å². The van der Waals surface area contributed by atoms with E-state index in [1.807, 2.05) is 24.3 Å². The van der Waals surface area contributed by atoms with E-state index in [4.69, 9.17) is 11.6 Å². The SMILES string of the molecule is CCc1cc(NCc2ccc(Cl)nc2)c2ccccc2n1. The quantitative estimate of drug-likeness (QED) is 0.723. The first-order valence-corrected chi connectivity index (χ1v) is 7.37. The summed E-state index contributed by atoms with van der Waals surface area (Å²) in [5, 5.41) is 5.13. The number of benzene rings is 1. The van der Waals surface area contributed by atoms with Crippen LogP contribution in [0, 0.1) is 0 Å².